The fourth-order valence-electron chi connectivity index (χ4n) is 2.80. The molecule has 3 aromatic rings. The van der Waals surface area contributed by atoms with Gasteiger partial charge in [0.15, 0.2) is 12.4 Å². The summed E-state index contributed by atoms with van der Waals surface area (Å²) in [7, 11) is 0. The molecule has 0 saturated carbocycles. The van der Waals surface area contributed by atoms with Gasteiger partial charge in [-0.2, -0.15) is 4.57 Å². The summed E-state index contributed by atoms with van der Waals surface area (Å²) in [5.41, 5.74) is 8.24. The summed E-state index contributed by atoms with van der Waals surface area (Å²) in [5.74, 6) is -1.13. The Morgan fingerprint density at radius 3 is 2.27 bits per heavy atom. The fraction of sp³-hybridized carbons (Fsp3) is 0.0909. The van der Waals surface area contributed by atoms with E-state index >= 15 is 0 Å². The molecular formula is C22H21ClN4O3. The smallest absolute Gasteiger partial charge is 0.290 e. The van der Waals surface area contributed by atoms with E-state index in [1.165, 1.54) is 6.20 Å². The van der Waals surface area contributed by atoms with Crippen molar-refractivity contribution >= 4 is 29.1 Å². The number of aromatic nitrogens is 1. The first-order chi connectivity index (χ1) is 13.9. The van der Waals surface area contributed by atoms with E-state index in [-0.39, 0.29) is 30.8 Å². The maximum Gasteiger partial charge on any atom is 0.290 e. The molecule has 0 aliphatic carbocycles. The van der Waals surface area contributed by atoms with Gasteiger partial charge >= 0.3 is 0 Å². The number of nitrogens with zero attached hydrogens (tertiary/aromatic N) is 1. The molecule has 1 heterocycles. The lowest BCUT2D eigenvalue weighted by Gasteiger charge is -2.08. The van der Waals surface area contributed by atoms with Crippen LogP contribution in [0.1, 0.15) is 26.3 Å². The predicted molar refractivity (Wildman–Crippen MR) is 109 cm³/mol. The molecular weight excluding hydrogens is 404 g/mol. The van der Waals surface area contributed by atoms with Gasteiger partial charge in [-0.15, -0.1) is 0 Å². The van der Waals surface area contributed by atoms with Crippen molar-refractivity contribution < 1.29 is 31.4 Å². The Morgan fingerprint density at radius 1 is 0.900 bits per heavy atom. The summed E-state index contributed by atoms with van der Waals surface area (Å²) >= 11 is 0. The lowest BCUT2D eigenvalue weighted by Crippen LogP contribution is -3.00. The number of primary amides is 1. The van der Waals surface area contributed by atoms with Crippen molar-refractivity contribution in [2.24, 2.45) is 5.73 Å². The number of rotatable bonds is 6. The SMILES string of the molecule is Cc1cccc(NC(=O)c2cccc(NC(=O)C[n+]3cccc(C(N)=O)c3)c2)c1.[Cl-]. The number of nitrogens with two attached hydrogens (primary N) is 1. The number of benzene rings is 2. The second kappa shape index (κ2) is 10.2. The summed E-state index contributed by atoms with van der Waals surface area (Å²) in [6.45, 7) is 1.95. The highest BCUT2D eigenvalue weighted by atomic mass is 35.5. The van der Waals surface area contributed by atoms with Gasteiger partial charge < -0.3 is 28.8 Å². The molecule has 2 aromatic carbocycles. The van der Waals surface area contributed by atoms with Gasteiger partial charge in [-0.1, -0.05) is 18.2 Å². The molecule has 30 heavy (non-hydrogen) atoms. The van der Waals surface area contributed by atoms with E-state index in [1.54, 1.807) is 47.2 Å². The molecule has 8 heteroatoms. The van der Waals surface area contributed by atoms with E-state index in [0.717, 1.165) is 5.56 Å². The Bertz CT molecular complexity index is 1090. The Balaban J connectivity index is 0.00000320. The Labute approximate surface area is 180 Å². The van der Waals surface area contributed by atoms with Crippen LogP contribution in [0.2, 0.25) is 0 Å². The quantitative estimate of drug-likeness (QED) is 0.454. The molecule has 3 rings (SSSR count). The summed E-state index contributed by atoms with van der Waals surface area (Å²) in [6, 6.07) is 17.4. The van der Waals surface area contributed by atoms with Crippen LogP contribution in [0.15, 0.2) is 73.1 Å². The number of aryl methyl sites for hydroxylation is 1. The van der Waals surface area contributed by atoms with Crippen LogP contribution in [0, 0.1) is 6.92 Å². The number of hydrogen-bond donors (Lipinski definition) is 3. The van der Waals surface area contributed by atoms with Gasteiger partial charge in [0.05, 0.1) is 0 Å². The first kappa shape index (κ1) is 22.6. The normalized spacial score (nSPS) is 9.90. The molecule has 154 valence electrons. The highest BCUT2D eigenvalue weighted by Crippen LogP contribution is 2.14. The first-order valence-corrected chi connectivity index (χ1v) is 8.97. The number of amides is 3. The number of nitrogens with one attached hydrogen (secondary N) is 2. The summed E-state index contributed by atoms with van der Waals surface area (Å²) in [4.78, 5) is 36.1. The second-order valence-electron chi connectivity index (χ2n) is 6.58. The van der Waals surface area contributed by atoms with E-state index in [4.69, 9.17) is 5.73 Å². The van der Waals surface area contributed by atoms with E-state index in [1.807, 2.05) is 31.2 Å². The van der Waals surface area contributed by atoms with Crippen LogP contribution in [0.25, 0.3) is 0 Å². The van der Waals surface area contributed by atoms with Crippen LogP contribution in [0.5, 0.6) is 0 Å². The van der Waals surface area contributed by atoms with Gasteiger partial charge in [-0.3, -0.25) is 14.4 Å². The Morgan fingerprint density at radius 2 is 1.57 bits per heavy atom. The zero-order valence-electron chi connectivity index (χ0n) is 16.3. The van der Waals surface area contributed by atoms with Crippen LogP contribution < -0.4 is 33.3 Å². The van der Waals surface area contributed by atoms with Crippen LogP contribution >= 0.6 is 0 Å². The largest absolute Gasteiger partial charge is 1.00 e. The molecule has 0 saturated heterocycles. The maximum atomic E-state index is 12.5. The topological polar surface area (TPSA) is 105 Å². The summed E-state index contributed by atoms with van der Waals surface area (Å²) < 4.78 is 1.56. The number of hydrogen-bond acceptors (Lipinski definition) is 3. The van der Waals surface area contributed by atoms with Crippen molar-refractivity contribution in [3.63, 3.8) is 0 Å². The standard InChI is InChI=1S/C22H20N4O3.ClH/c1-15-5-2-8-18(11-15)25-22(29)16-6-3-9-19(12-16)24-20(27)14-26-10-4-7-17(13-26)21(23)28;/h2-13H,14H2,1H3,(H3-,23,24,25,27,28,29);1H. The molecule has 7 nitrogen and oxygen atoms in total. The van der Waals surface area contributed by atoms with Crippen molar-refractivity contribution in [2.45, 2.75) is 13.5 Å². The molecule has 4 N–H and O–H groups in total. The van der Waals surface area contributed by atoms with Crippen molar-refractivity contribution in [3.05, 3.63) is 89.7 Å². The zero-order valence-corrected chi connectivity index (χ0v) is 17.0. The van der Waals surface area contributed by atoms with Gasteiger partial charge in [0.2, 0.25) is 6.54 Å². The molecule has 0 unspecified atom stereocenters. The van der Waals surface area contributed by atoms with Crippen molar-refractivity contribution in [1.29, 1.82) is 0 Å². The van der Waals surface area contributed by atoms with E-state index < -0.39 is 5.91 Å². The highest BCUT2D eigenvalue weighted by Gasteiger charge is 2.13. The first-order valence-electron chi connectivity index (χ1n) is 8.97. The van der Waals surface area contributed by atoms with Gasteiger partial charge in [-0.25, -0.2) is 0 Å². The van der Waals surface area contributed by atoms with Crippen LogP contribution in [0.4, 0.5) is 11.4 Å². The molecule has 0 atom stereocenters. The van der Waals surface area contributed by atoms with Gasteiger partial charge in [-0.05, 0) is 48.9 Å². The predicted octanol–water partition coefficient (Wildman–Crippen LogP) is -0.724. The second-order valence-corrected chi connectivity index (χ2v) is 6.58. The van der Waals surface area contributed by atoms with Crippen molar-refractivity contribution in [3.8, 4) is 0 Å². The third-order valence-electron chi connectivity index (χ3n) is 4.15. The molecule has 1 aromatic heterocycles. The minimum atomic E-state index is -0.563. The Hall–Kier alpha value is -3.71. The average molecular weight is 425 g/mol. The highest BCUT2D eigenvalue weighted by molar-refractivity contribution is 6.05. The maximum absolute atomic E-state index is 12.5. The fourth-order valence-corrected chi connectivity index (χ4v) is 2.80. The molecule has 0 aliphatic heterocycles. The molecule has 3 amide bonds. The third-order valence-corrected chi connectivity index (χ3v) is 4.15. The minimum absolute atomic E-state index is 0. The van der Waals surface area contributed by atoms with Gasteiger partial charge in [0.1, 0.15) is 5.56 Å². The van der Waals surface area contributed by atoms with Gasteiger partial charge in [0, 0.05) is 23.0 Å². The Kier molecular flexibility index (Phi) is 7.66. The number of halogens is 1. The van der Waals surface area contributed by atoms with Crippen LogP contribution in [-0.2, 0) is 11.3 Å². The number of anilines is 2. The van der Waals surface area contributed by atoms with Crippen LogP contribution in [-0.4, -0.2) is 17.7 Å². The van der Waals surface area contributed by atoms with E-state index in [2.05, 4.69) is 10.6 Å². The number of pyridine rings is 1. The molecule has 0 fully saturated rings. The molecule has 0 bridgehead atoms. The van der Waals surface area contributed by atoms with Crippen LogP contribution in [0.3, 0.4) is 0 Å². The molecule has 0 radical (unpaired) electrons. The number of carbonyl (C=O) groups excluding carboxylic acids is 3. The van der Waals surface area contributed by atoms with E-state index in [0.29, 0.717) is 22.5 Å². The molecule has 0 aliphatic rings. The summed E-state index contributed by atoms with van der Waals surface area (Å²) in [5, 5.41) is 5.59. The lowest BCUT2D eigenvalue weighted by molar-refractivity contribution is -0.684. The molecule has 0 spiro atoms. The minimum Gasteiger partial charge on any atom is -1.00 e. The lowest BCUT2D eigenvalue weighted by atomic mass is 10.1. The average Bonchev–Trinajstić information content (AvgIpc) is 2.68. The van der Waals surface area contributed by atoms with E-state index in [9.17, 15) is 14.4 Å². The number of carbonyl (C=O) groups is 3. The van der Waals surface area contributed by atoms with Gasteiger partial charge in [0.25, 0.3) is 17.7 Å². The van der Waals surface area contributed by atoms with Crippen molar-refractivity contribution in [2.75, 3.05) is 10.6 Å². The third kappa shape index (κ3) is 6.15. The summed E-state index contributed by atoms with van der Waals surface area (Å²) in [6.07, 6.45) is 3.17. The zero-order chi connectivity index (χ0) is 20.8. The van der Waals surface area contributed by atoms with Crippen molar-refractivity contribution in [1.82, 2.24) is 0 Å². The monoisotopic (exact) mass is 424 g/mol.